The van der Waals surface area contributed by atoms with E-state index >= 15 is 0 Å². The Labute approximate surface area is 190 Å². The van der Waals surface area contributed by atoms with Crippen LogP contribution in [0.15, 0.2) is 36.0 Å². The Balaban J connectivity index is 1.41. The average Bonchev–Trinajstić information content (AvgIpc) is 3.27. The molecule has 4 rings (SSSR count). The zero-order chi connectivity index (χ0) is 22.3. The molecule has 3 aromatic heterocycles. The molecule has 0 aromatic carbocycles. The molecule has 0 spiro atoms. The van der Waals surface area contributed by atoms with Gasteiger partial charge in [0.25, 0.3) is 5.91 Å². The summed E-state index contributed by atoms with van der Waals surface area (Å²) in [5.41, 5.74) is 2.20. The molecular weight excluding hydrogens is 424 g/mol. The van der Waals surface area contributed by atoms with Crippen molar-refractivity contribution in [2.24, 2.45) is 0 Å². The number of nitriles is 1. The molecule has 164 valence electrons. The Morgan fingerprint density at radius 1 is 1.31 bits per heavy atom. The summed E-state index contributed by atoms with van der Waals surface area (Å²) in [4.78, 5) is 32.3. The van der Waals surface area contributed by atoms with Gasteiger partial charge < -0.3 is 10.6 Å². The number of carbonyl (C=O) groups is 1. The van der Waals surface area contributed by atoms with Crippen LogP contribution in [0.1, 0.15) is 46.3 Å². The third-order valence-electron chi connectivity index (χ3n) is 5.21. The van der Waals surface area contributed by atoms with E-state index in [4.69, 9.17) is 10.2 Å². The Bertz CT molecular complexity index is 1110. The number of likely N-dealkylation sites (tertiary alicyclic amines) is 1. The largest absolute Gasteiger partial charge is 0.347 e. The maximum atomic E-state index is 12.4. The number of hydrogen-bond donors (Lipinski definition) is 2. The molecule has 1 atom stereocenters. The van der Waals surface area contributed by atoms with Gasteiger partial charge in [0.2, 0.25) is 0 Å². The normalized spacial score (nSPS) is 16.3. The lowest BCUT2D eigenvalue weighted by molar-refractivity contribution is 0.0946. The molecule has 9 nitrogen and oxygen atoms in total. The van der Waals surface area contributed by atoms with E-state index in [1.807, 2.05) is 25.1 Å². The summed E-state index contributed by atoms with van der Waals surface area (Å²) in [6.45, 7) is 4.51. The number of rotatable bonds is 7. The van der Waals surface area contributed by atoms with Crippen molar-refractivity contribution in [3.8, 4) is 6.07 Å². The van der Waals surface area contributed by atoms with Gasteiger partial charge in [0.05, 0.1) is 12.6 Å². The summed E-state index contributed by atoms with van der Waals surface area (Å²) in [6.07, 6.45) is 5.41. The second-order valence-corrected chi connectivity index (χ2v) is 8.54. The first-order chi connectivity index (χ1) is 15.6. The van der Waals surface area contributed by atoms with Crippen LogP contribution < -0.4 is 10.6 Å². The highest BCUT2D eigenvalue weighted by Gasteiger charge is 2.24. The molecule has 1 aliphatic heterocycles. The van der Waals surface area contributed by atoms with Crippen molar-refractivity contribution in [2.75, 3.05) is 25.0 Å². The zero-order valence-electron chi connectivity index (χ0n) is 17.8. The van der Waals surface area contributed by atoms with Gasteiger partial charge in [0, 0.05) is 48.5 Å². The fraction of sp³-hybridized carbons (Fsp3) is 0.364. The molecule has 10 heteroatoms. The second-order valence-electron chi connectivity index (χ2n) is 7.69. The summed E-state index contributed by atoms with van der Waals surface area (Å²) < 4.78 is 0. The van der Waals surface area contributed by atoms with Crippen LogP contribution >= 0.6 is 11.3 Å². The number of nitrogens with one attached hydrogen (secondary N) is 2. The quantitative estimate of drug-likeness (QED) is 0.529. The van der Waals surface area contributed by atoms with Crippen LogP contribution in [-0.4, -0.2) is 50.4 Å². The highest BCUT2D eigenvalue weighted by Crippen LogP contribution is 2.27. The maximum Gasteiger partial charge on any atom is 0.271 e. The van der Waals surface area contributed by atoms with Crippen molar-refractivity contribution >= 4 is 28.2 Å². The average molecular weight is 449 g/mol. The molecule has 1 aliphatic rings. The lowest BCUT2D eigenvalue weighted by Gasteiger charge is -2.30. The van der Waals surface area contributed by atoms with Crippen LogP contribution in [0.25, 0.3) is 0 Å². The fourth-order valence-corrected chi connectivity index (χ4v) is 4.36. The van der Waals surface area contributed by atoms with Gasteiger partial charge in [-0.1, -0.05) is 0 Å². The van der Waals surface area contributed by atoms with Crippen LogP contribution in [0.2, 0.25) is 0 Å². The number of pyridine rings is 1. The van der Waals surface area contributed by atoms with E-state index in [-0.39, 0.29) is 11.8 Å². The summed E-state index contributed by atoms with van der Waals surface area (Å²) >= 11 is 1.35. The van der Waals surface area contributed by atoms with E-state index in [1.54, 1.807) is 17.8 Å². The van der Waals surface area contributed by atoms with Gasteiger partial charge in [0.1, 0.15) is 17.3 Å². The van der Waals surface area contributed by atoms with Crippen LogP contribution in [-0.2, 0) is 6.54 Å². The van der Waals surface area contributed by atoms with Crippen LogP contribution in [0.4, 0.5) is 10.9 Å². The van der Waals surface area contributed by atoms with E-state index in [0.717, 1.165) is 43.0 Å². The van der Waals surface area contributed by atoms with Crippen molar-refractivity contribution in [1.29, 1.82) is 5.26 Å². The Hall–Kier alpha value is -3.42. The molecule has 3 aromatic rings. The number of piperidine rings is 1. The molecule has 0 unspecified atom stereocenters. The first-order valence-corrected chi connectivity index (χ1v) is 11.3. The van der Waals surface area contributed by atoms with Gasteiger partial charge in [-0.05, 0) is 44.0 Å². The minimum absolute atomic E-state index is 0.198. The fourth-order valence-electron chi connectivity index (χ4n) is 3.67. The molecule has 0 bridgehead atoms. The standard InChI is InChI=1S/C22H24N8OS/c1-15-11-19(28-20(26-15)17-3-2-9-30(13-17)10-6-23)29-22-27-18(14-32-22)21(31)25-12-16-4-7-24-8-5-16/h4-5,7-8,11,14,17H,2-3,9-10,12-13H2,1H3,(H,25,31)(H,26,27,28,29)/t17-/m1/s1. The lowest BCUT2D eigenvalue weighted by atomic mass is 9.97. The van der Waals surface area contributed by atoms with Crippen LogP contribution in [0.5, 0.6) is 0 Å². The van der Waals surface area contributed by atoms with E-state index in [2.05, 4.69) is 36.6 Å². The van der Waals surface area contributed by atoms with E-state index in [9.17, 15) is 4.79 Å². The molecule has 4 heterocycles. The highest BCUT2D eigenvalue weighted by atomic mass is 32.1. The monoisotopic (exact) mass is 448 g/mol. The van der Waals surface area contributed by atoms with Gasteiger partial charge in [-0.25, -0.2) is 15.0 Å². The summed E-state index contributed by atoms with van der Waals surface area (Å²) in [7, 11) is 0. The molecule has 32 heavy (non-hydrogen) atoms. The smallest absolute Gasteiger partial charge is 0.271 e. The highest BCUT2D eigenvalue weighted by molar-refractivity contribution is 7.14. The number of nitrogens with zero attached hydrogens (tertiary/aromatic N) is 6. The predicted molar refractivity (Wildman–Crippen MR) is 122 cm³/mol. The molecule has 2 N–H and O–H groups in total. The SMILES string of the molecule is Cc1cc(Nc2nc(C(=O)NCc3ccncc3)cs2)nc([C@@H]2CCCN(CC#N)C2)n1. The summed E-state index contributed by atoms with van der Waals surface area (Å²) in [5, 5.41) is 17.4. The van der Waals surface area contributed by atoms with Gasteiger partial charge in [-0.3, -0.25) is 14.7 Å². The maximum absolute atomic E-state index is 12.4. The van der Waals surface area contributed by atoms with Gasteiger partial charge in [-0.15, -0.1) is 11.3 Å². The van der Waals surface area contributed by atoms with E-state index in [1.165, 1.54) is 11.3 Å². The summed E-state index contributed by atoms with van der Waals surface area (Å²) in [6, 6.07) is 7.80. The van der Waals surface area contributed by atoms with Gasteiger partial charge in [-0.2, -0.15) is 5.26 Å². The number of aryl methyl sites for hydroxylation is 1. The van der Waals surface area contributed by atoms with Crippen LogP contribution in [0.3, 0.4) is 0 Å². The second kappa shape index (κ2) is 10.3. The third kappa shape index (κ3) is 5.63. The van der Waals surface area contributed by atoms with Gasteiger partial charge in [0.15, 0.2) is 5.13 Å². The van der Waals surface area contributed by atoms with E-state index in [0.29, 0.717) is 29.7 Å². The molecule has 0 radical (unpaired) electrons. The van der Waals surface area contributed by atoms with Crippen molar-refractivity contribution in [3.63, 3.8) is 0 Å². The topological polar surface area (TPSA) is 120 Å². The molecule has 1 amide bonds. The molecule has 1 saturated heterocycles. The third-order valence-corrected chi connectivity index (χ3v) is 5.97. The molecule has 1 fully saturated rings. The Morgan fingerprint density at radius 3 is 2.97 bits per heavy atom. The van der Waals surface area contributed by atoms with Crippen molar-refractivity contribution < 1.29 is 4.79 Å². The Kier molecular flexibility index (Phi) is 6.99. The molecule has 0 saturated carbocycles. The van der Waals surface area contributed by atoms with E-state index < -0.39 is 0 Å². The summed E-state index contributed by atoms with van der Waals surface area (Å²) in [5.74, 6) is 1.40. The number of carbonyl (C=O) groups excluding carboxylic acids is 1. The Morgan fingerprint density at radius 2 is 2.16 bits per heavy atom. The van der Waals surface area contributed by atoms with Crippen molar-refractivity contribution in [2.45, 2.75) is 32.2 Å². The lowest BCUT2D eigenvalue weighted by Crippen LogP contribution is -2.35. The predicted octanol–water partition coefficient (Wildman–Crippen LogP) is 3.01. The zero-order valence-corrected chi connectivity index (χ0v) is 18.6. The number of amides is 1. The number of anilines is 2. The van der Waals surface area contributed by atoms with Crippen LogP contribution in [0, 0.1) is 18.3 Å². The number of thiazole rings is 1. The molecular formula is C22H24N8OS. The van der Waals surface area contributed by atoms with Crippen molar-refractivity contribution in [1.82, 2.24) is 30.2 Å². The minimum Gasteiger partial charge on any atom is -0.347 e. The number of aromatic nitrogens is 4. The van der Waals surface area contributed by atoms with Crippen molar-refractivity contribution in [3.05, 3.63) is 58.7 Å². The first kappa shape index (κ1) is 21.8. The first-order valence-electron chi connectivity index (χ1n) is 10.5. The minimum atomic E-state index is -0.231. The number of hydrogen-bond acceptors (Lipinski definition) is 9. The molecule has 0 aliphatic carbocycles. The van der Waals surface area contributed by atoms with Gasteiger partial charge >= 0.3 is 0 Å².